The fourth-order valence-corrected chi connectivity index (χ4v) is 3.34. The van der Waals surface area contributed by atoms with E-state index in [4.69, 9.17) is 10.6 Å². The second-order valence-electron chi connectivity index (χ2n) is 4.88. The summed E-state index contributed by atoms with van der Waals surface area (Å²) in [7, 11) is 0. The van der Waals surface area contributed by atoms with Gasteiger partial charge in [-0.1, -0.05) is 6.92 Å². The van der Waals surface area contributed by atoms with Crippen molar-refractivity contribution in [2.45, 2.75) is 32.2 Å². The average molecular weight is 293 g/mol. The number of aryl methyl sites for hydroxylation is 1. The van der Waals surface area contributed by atoms with Gasteiger partial charge in [0.25, 0.3) is 0 Å². The van der Waals surface area contributed by atoms with E-state index in [0.717, 1.165) is 48.5 Å². The Hall–Kier alpha value is -1.44. The van der Waals surface area contributed by atoms with Crippen LogP contribution in [0.4, 0.5) is 11.8 Å². The predicted octanol–water partition coefficient (Wildman–Crippen LogP) is 2.13. The number of hydrogen-bond donors (Lipinski definition) is 3. The molecule has 0 amide bonds. The first kappa shape index (κ1) is 13.5. The van der Waals surface area contributed by atoms with E-state index < -0.39 is 0 Å². The molecule has 0 aliphatic carbocycles. The molecule has 0 radical (unpaired) electrons. The molecule has 0 aromatic carbocycles. The lowest BCUT2D eigenvalue weighted by atomic mass is 10.1. The summed E-state index contributed by atoms with van der Waals surface area (Å²) in [5.74, 6) is 6.75. The SMILES string of the molecule is CCc1cc2c(NC3CCCOC3)nc(NN)nc2s1. The van der Waals surface area contributed by atoms with Gasteiger partial charge < -0.3 is 10.1 Å². The van der Waals surface area contributed by atoms with Crippen molar-refractivity contribution in [1.29, 1.82) is 0 Å². The summed E-state index contributed by atoms with van der Waals surface area (Å²) in [5, 5.41) is 4.54. The first-order valence-corrected chi connectivity index (χ1v) is 7.73. The highest BCUT2D eigenvalue weighted by Crippen LogP contribution is 2.31. The fraction of sp³-hybridized carbons (Fsp3) is 0.538. The summed E-state index contributed by atoms with van der Waals surface area (Å²) in [6.45, 7) is 3.72. The highest BCUT2D eigenvalue weighted by Gasteiger charge is 2.17. The maximum atomic E-state index is 5.51. The Bertz CT molecular complexity index is 594. The van der Waals surface area contributed by atoms with Crippen molar-refractivity contribution in [3.05, 3.63) is 10.9 Å². The Kier molecular flexibility index (Phi) is 4.00. The summed E-state index contributed by atoms with van der Waals surface area (Å²) >= 11 is 1.69. The van der Waals surface area contributed by atoms with Gasteiger partial charge >= 0.3 is 0 Å². The zero-order chi connectivity index (χ0) is 13.9. The van der Waals surface area contributed by atoms with Crippen LogP contribution in [0.15, 0.2) is 6.07 Å². The molecule has 1 fully saturated rings. The number of ether oxygens (including phenoxy) is 1. The van der Waals surface area contributed by atoms with Crippen molar-refractivity contribution < 1.29 is 4.74 Å². The Morgan fingerprint density at radius 3 is 3.10 bits per heavy atom. The number of thiophene rings is 1. The second-order valence-corrected chi connectivity index (χ2v) is 6.00. The lowest BCUT2D eigenvalue weighted by Gasteiger charge is -2.24. The molecule has 1 aliphatic heterocycles. The molecule has 7 heteroatoms. The van der Waals surface area contributed by atoms with E-state index in [1.807, 2.05) is 0 Å². The number of nitrogens with two attached hydrogens (primary N) is 1. The van der Waals surface area contributed by atoms with E-state index in [1.165, 1.54) is 4.88 Å². The van der Waals surface area contributed by atoms with E-state index >= 15 is 0 Å². The van der Waals surface area contributed by atoms with Gasteiger partial charge in [-0.3, -0.25) is 5.43 Å². The summed E-state index contributed by atoms with van der Waals surface area (Å²) in [6.07, 6.45) is 3.18. The van der Waals surface area contributed by atoms with Crippen LogP contribution in [0, 0.1) is 0 Å². The molecule has 1 unspecified atom stereocenters. The van der Waals surface area contributed by atoms with Crippen molar-refractivity contribution >= 4 is 33.3 Å². The number of rotatable bonds is 4. The van der Waals surface area contributed by atoms with Crippen LogP contribution in [0.25, 0.3) is 10.2 Å². The first-order valence-electron chi connectivity index (χ1n) is 6.91. The Labute approximate surface area is 121 Å². The maximum absolute atomic E-state index is 5.51. The van der Waals surface area contributed by atoms with Crippen LogP contribution < -0.4 is 16.6 Å². The number of fused-ring (bicyclic) bond motifs is 1. The minimum absolute atomic E-state index is 0.303. The molecular weight excluding hydrogens is 274 g/mol. The molecule has 0 spiro atoms. The predicted molar refractivity (Wildman–Crippen MR) is 82.1 cm³/mol. The summed E-state index contributed by atoms with van der Waals surface area (Å²) < 4.78 is 5.51. The summed E-state index contributed by atoms with van der Waals surface area (Å²) in [6, 6.07) is 2.46. The Morgan fingerprint density at radius 2 is 2.40 bits per heavy atom. The minimum atomic E-state index is 0.303. The van der Waals surface area contributed by atoms with Crippen molar-refractivity contribution in [2.75, 3.05) is 24.0 Å². The fourth-order valence-electron chi connectivity index (χ4n) is 2.37. The van der Waals surface area contributed by atoms with E-state index in [-0.39, 0.29) is 0 Å². The van der Waals surface area contributed by atoms with Crippen LogP contribution in [0.2, 0.25) is 0 Å². The lowest BCUT2D eigenvalue weighted by Crippen LogP contribution is -2.30. The molecule has 108 valence electrons. The van der Waals surface area contributed by atoms with Gasteiger partial charge in [0.2, 0.25) is 5.95 Å². The highest BCUT2D eigenvalue weighted by atomic mass is 32.1. The monoisotopic (exact) mass is 293 g/mol. The smallest absolute Gasteiger partial charge is 0.240 e. The topological polar surface area (TPSA) is 85.1 Å². The lowest BCUT2D eigenvalue weighted by molar-refractivity contribution is 0.0875. The van der Waals surface area contributed by atoms with Crippen molar-refractivity contribution in [3.8, 4) is 0 Å². The van der Waals surface area contributed by atoms with Gasteiger partial charge in [0, 0.05) is 11.5 Å². The summed E-state index contributed by atoms with van der Waals surface area (Å²) in [4.78, 5) is 11.1. The number of nitrogens with zero attached hydrogens (tertiary/aromatic N) is 2. The van der Waals surface area contributed by atoms with Crippen molar-refractivity contribution in [3.63, 3.8) is 0 Å². The van der Waals surface area contributed by atoms with Gasteiger partial charge in [0.05, 0.1) is 18.0 Å². The molecule has 20 heavy (non-hydrogen) atoms. The molecule has 4 N–H and O–H groups in total. The van der Waals surface area contributed by atoms with E-state index in [1.54, 1.807) is 11.3 Å². The van der Waals surface area contributed by atoms with Crippen LogP contribution in [0.1, 0.15) is 24.6 Å². The van der Waals surface area contributed by atoms with Crippen molar-refractivity contribution in [2.24, 2.45) is 5.84 Å². The molecule has 0 saturated carbocycles. The second kappa shape index (κ2) is 5.90. The zero-order valence-electron chi connectivity index (χ0n) is 11.5. The minimum Gasteiger partial charge on any atom is -0.379 e. The van der Waals surface area contributed by atoms with E-state index in [9.17, 15) is 0 Å². The zero-order valence-corrected chi connectivity index (χ0v) is 12.3. The van der Waals surface area contributed by atoms with Crippen LogP contribution in [-0.2, 0) is 11.2 Å². The summed E-state index contributed by atoms with van der Waals surface area (Å²) in [5.41, 5.74) is 2.54. The van der Waals surface area contributed by atoms with Gasteiger partial charge in [-0.25, -0.2) is 10.8 Å². The van der Waals surface area contributed by atoms with Crippen LogP contribution in [-0.4, -0.2) is 29.2 Å². The third-order valence-corrected chi connectivity index (χ3v) is 4.60. The largest absolute Gasteiger partial charge is 0.379 e. The van der Waals surface area contributed by atoms with Crippen molar-refractivity contribution in [1.82, 2.24) is 9.97 Å². The molecular formula is C13H19N5OS. The van der Waals surface area contributed by atoms with Gasteiger partial charge in [0.15, 0.2) is 0 Å². The van der Waals surface area contributed by atoms with Crippen LogP contribution in [0.3, 0.4) is 0 Å². The average Bonchev–Trinajstić information content (AvgIpc) is 2.91. The third-order valence-electron chi connectivity index (χ3n) is 3.42. The quantitative estimate of drug-likeness (QED) is 0.591. The third kappa shape index (κ3) is 2.70. The maximum Gasteiger partial charge on any atom is 0.240 e. The molecule has 1 aliphatic rings. The molecule has 3 heterocycles. The number of anilines is 2. The van der Waals surface area contributed by atoms with Crippen LogP contribution >= 0.6 is 11.3 Å². The van der Waals surface area contributed by atoms with E-state index in [0.29, 0.717) is 12.0 Å². The standard InChI is InChI=1S/C13H19N5OS/c1-2-9-6-10-11(15-8-4-3-5-19-7-8)16-13(18-14)17-12(10)20-9/h6,8H,2-5,7,14H2,1H3,(H2,15,16,17,18). The molecule has 1 saturated heterocycles. The van der Waals surface area contributed by atoms with Gasteiger partial charge in [0.1, 0.15) is 10.6 Å². The number of nitrogens with one attached hydrogen (secondary N) is 2. The van der Waals surface area contributed by atoms with Gasteiger partial charge in [-0.2, -0.15) is 4.98 Å². The highest BCUT2D eigenvalue weighted by molar-refractivity contribution is 7.18. The van der Waals surface area contributed by atoms with Gasteiger partial charge in [-0.05, 0) is 25.3 Å². The Morgan fingerprint density at radius 1 is 1.50 bits per heavy atom. The molecule has 2 aromatic heterocycles. The number of hydrogen-bond acceptors (Lipinski definition) is 7. The molecule has 3 rings (SSSR count). The normalized spacial score (nSPS) is 19.2. The first-order chi connectivity index (χ1) is 9.80. The number of aromatic nitrogens is 2. The Balaban J connectivity index is 1.95. The number of hydrazine groups is 1. The number of nitrogen functional groups attached to an aromatic ring is 1. The molecule has 0 bridgehead atoms. The molecule has 6 nitrogen and oxygen atoms in total. The van der Waals surface area contributed by atoms with Gasteiger partial charge in [-0.15, -0.1) is 11.3 Å². The molecule has 1 atom stereocenters. The van der Waals surface area contributed by atoms with E-state index in [2.05, 4.69) is 33.7 Å². The molecule has 2 aromatic rings. The van der Waals surface area contributed by atoms with Crippen LogP contribution in [0.5, 0.6) is 0 Å².